The molecule has 1 aromatic heterocycles. The summed E-state index contributed by atoms with van der Waals surface area (Å²) in [5, 5.41) is 4.74. The zero-order chi connectivity index (χ0) is 14.5. The molecule has 0 unspecified atom stereocenters. The minimum atomic E-state index is -0.138. The summed E-state index contributed by atoms with van der Waals surface area (Å²) in [5.74, 6) is 0.501. The van der Waals surface area contributed by atoms with Crippen molar-refractivity contribution >= 4 is 28.6 Å². The van der Waals surface area contributed by atoms with Gasteiger partial charge in [0, 0.05) is 25.5 Å². The van der Waals surface area contributed by atoms with Crippen molar-refractivity contribution < 1.29 is 9.53 Å². The molecule has 20 heavy (non-hydrogen) atoms. The van der Waals surface area contributed by atoms with Gasteiger partial charge in [0.05, 0.1) is 6.61 Å². The Morgan fingerprint density at radius 2 is 1.95 bits per heavy atom. The van der Waals surface area contributed by atoms with Crippen molar-refractivity contribution in [2.75, 3.05) is 30.9 Å². The fourth-order valence-electron chi connectivity index (χ4n) is 1.76. The molecule has 0 aliphatic heterocycles. The van der Waals surface area contributed by atoms with Crippen molar-refractivity contribution in [1.82, 2.24) is 0 Å². The average Bonchev–Trinajstić information content (AvgIpc) is 2.88. The molecule has 0 fully saturated rings. The summed E-state index contributed by atoms with van der Waals surface area (Å²) >= 11 is 1.38. The molecule has 2 rings (SSSR count). The Hall–Kier alpha value is -2.01. The maximum Gasteiger partial charge on any atom is 0.269 e. The maximum atomic E-state index is 12.2. The SMILES string of the molecule is CCOc1ccsc1C(=O)Nc1ccc(N(C)C)cc1. The lowest BCUT2D eigenvalue weighted by Crippen LogP contribution is -2.12. The van der Waals surface area contributed by atoms with E-state index in [1.165, 1.54) is 11.3 Å². The molecule has 4 nitrogen and oxygen atoms in total. The second kappa shape index (κ2) is 6.43. The number of nitrogens with one attached hydrogen (secondary N) is 1. The number of rotatable bonds is 5. The Labute approximate surface area is 123 Å². The smallest absolute Gasteiger partial charge is 0.269 e. The summed E-state index contributed by atoms with van der Waals surface area (Å²) in [6.07, 6.45) is 0. The van der Waals surface area contributed by atoms with E-state index in [0.717, 1.165) is 11.4 Å². The first-order valence-corrected chi connectivity index (χ1v) is 7.28. The van der Waals surface area contributed by atoms with E-state index < -0.39 is 0 Å². The van der Waals surface area contributed by atoms with Crippen LogP contribution in [0.1, 0.15) is 16.6 Å². The molecule has 0 aliphatic rings. The van der Waals surface area contributed by atoms with Crippen molar-refractivity contribution in [2.45, 2.75) is 6.92 Å². The predicted octanol–water partition coefficient (Wildman–Crippen LogP) is 3.47. The molecular weight excluding hydrogens is 272 g/mol. The molecule has 0 aliphatic carbocycles. The normalized spacial score (nSPS) is 10.2. The third-order valence-electron chi connectivity index (χ3n) is 2.78. The molecule has 2 aromatic rings. The van der Waals surface area contributed by atoms with Gasteiger partial charge in [-0.1, -0.05) is 0 Å². The molecule has 5 heteroatoms. The van der Waals surface area contributed by atoms with E-state index in [2.05, 4.69) is 5.32 Å². The molecule has 1 aromatic carbocycles. The van der Waals surface area contributed by atoms with Crippen LogP contribution in [0.5, 0.6) is 5.75 Å². The lowest BCUT2D eigenvalue weighted by Gasteiger charge is -2.13. The number of carbonyl (C=O) groups excluding carboxylic acids is 1. The van der Waals surface area contributed by atoms with Crippen molar-refractivity contribution in [1.29, 1.82) is 0 Å². The Morgan fingerprint density at radius 3 is 2.55 bits per heavy atom. The molecule has 0 spiro atoms. The average molecular weight is 290 g/mol. The Balaban J connectivity index is 2.09. The largest absolute Gasteiger partial charge is 0.492 e. The van der Waals surface area contributed by atoms with E-state index in [-0.39, 0.29) is 5.91 Å². The van der Waals surface area contributed by atoms with Crippen molar-refractivity contribution in [3.05, 3.63) is 40.6 Å². The Morgan fingerprint density at radius 1 is 1.25 bits per heavy atom. The van der Waals surface area contributed by atoms with Gasteiger partial charge in [-0.2, -0.15) is 0 Å². The van der Waals surface area contributed by atoms with Crippen LogP contribution in [-0.2, 0) is 0 Å². The van der Waals surface area contributed by atoms with Crippen LogP contribution in [0.25, 0.3) is 0 Å². The fraction of sp³-hybridized carbons (Fsp3) is 0.267. The van der Waals surface area contributed by atoms with Gasteiger partial charge in [-0.15, -0.1) is 11.3 Å². The highest BCUT2D eigenvalue weighted by molar-refractivity contribution is 7.12. The van der Waals surface area contributed by atoms with Gasteiger partial charge in [0.15, 0.2) is 0 Å². The van der Waals surface area contributed by atoms with Crippen LogP contribution >= 0.6 is 11.3 Å². The van der Waals surface area contributed by atoms with E-state index in [9.17, 15) is 4.79 Å². The van der Waals surface area contributed by atoms with Gasteiger partial charge >= 0.3 is 0 Å². The molecule has 0 saturated heterocycles. The number of hydrogen-bond donors (Lipinski definition) is 1. The van der Waals surface area contributed by atoms with E-state index in [1.54, 1.807) is 0 Å². The van der Waals surface area contributed by atoms with Crippen LogP contribution in [0.4, 0.5) is 11.4 Å². The quantitative estimate of drug-likeness (QED) is 0.917. The summed E-state index contributed by atoms with van der Waals surface area (Å²) < 4.78 is 5.43. The molecule has 1 heterocycles. The van der Waals surface area contributed by atoms with Crippen LogP contribution in [0.15, 0.2) is 35.7 Å². The van der Waals surface area contributed by atoms with Crippen molar-refractivity contribution in [2.24, 2.45) is 0 Å². The van der Waals surface area contributed by atoms with Crippen LogP contribution in [-0.4, -0.2) is 26.6 Å². The van der Waals surface area contributed by atoms with E-state index in [0.29, 0.717) is 17.2 Å². The van der Waals surface area contributed by atoms with E-state index in [1.807, 2.05) is 61.6 Å². The maximum absolute atomic E-state index is 12.2. The van der Waals surface area contributed by atoms with Gasteiger partial charge in [-0.25, -0.2) is 0 Å². The first kappa shape index (κ1) is 14.4. The number of anilines is 2. The molecular formula is C15H18N2O2S. The van der Waals surface area contributed by atoms with E-state index >= 15 is 0 Å². The number of ether oxygens (including phenoxy) is 1. The number of benzene rings is 1. The Bertz CT molecular complexity index is 576. The number of thiophene rings is 1. The molecule has 0 atom stereocenters. The molecule has 0 radical (unpaired) electrons. The summed E-state index contributed by atoms with van der Waals surface area (Å²) in [4.78, 5) is 14.8. The molecule has 0 saturated carbocycles. The predicted molar refractivity (Wildman–Crippen MR) is 84.2 cm³/mol. The van der Waals surface area contributed by atoms with Gasteiger partial charge in [0.1, 0.15) is 10.6 Å². The molecule has 0 bridgehead atoms. The highest BCUT2D eigenvalue weighted by Crippen LogP contribution is 2.26. The number of amides is 1. The lowest BCUT2D eigenvalue weighted by molar-refractivity contribution is 0.102. The zero-order valence-corrected chi connectivity index (χ0v) is 12.7. The summed E-state index contributed by atoms with van der Waals surface area (Å²) in [7, 11) is 3.96. The molecule has 1 amide bonds. The first-order chi connectivity index (χ1) is 9.61. The third kappa shape index (κ3) is 3.30. The summed E-state index contributed by atoms with van der Waals surface area (Å²) in [5.41, 5.74) is 1.87. The van der Waals surface area contributed by atoms with Crippen LogP contribution in [0.3, 0.4) is 0 Å². The topological polar surface area (TPSA) is 41.6 Å². The summed E-state index contributed by atoms with van der Waals surface area (Å²) in [6, 6.07) is 9.53. The van der Waals surface area contributed by atoms with Crippen molar-refractivity contribution in [3.8, 4) is 5.75 Å². The van der Waals surface area contributed by atoms with E-state index in [4.69, 9.17) is 4.74 Å². The van der Waals surface area contributed by atoms with Crippen LogP contribution in [0.2, 0.25) is 0 Å². The second-order valence-corrected chi connectivity index (χ2v) is 5.36. The number of hydrogen-bond acceptors (Lipinski definition) is 4. The molecule has 106 valence electrons. The van der Waals surface area contributed by atoms with Gasteiger partial charge < -0.3 is 15.0 Å². The zero-order valence-electron chi connectivity index (χ0n) is 11.8. The number of nitrogens with zero attached hydrogens (tertiary/aromatic N) is 1. The summed E-state index contributed by atoms with van der Waals surface area (Å²) in [6.45, 7) is 2.45. The highest BCUT2D eigenvalue weighted by atomic mass is 32.1. The van der Waals surface area contributed by atoms with Gasteiger partial charge in [-0.3, -0.25) is 4.79 Å². The van der Waals surface area contributed by atoms with Gasteiger partial charge in [0.2, 0.25) is 0 Å². The number of carbonyl (C=O) groups is 1. The fourth-order valence-corrected chi connectivity index (χ4v) is 2.49. The van der Waals surface area contributed by atoms with Crippen molar-refractivity contribution in [3.63, 3.8) is 0 Å². The van der Waals surface area contributed by atoms with Crippen LogP contribution in [0, 0.1) is 0 Å². The minimum Gasteiger partial charge on any atom is -0.492 e. The monoisotopic (exact) mass is 290 g/mol. The first-order valence-electron chi connectivity index (χ1n) is 6.41. The Kier molecular flexibility index (Phi) is 4.63. The minimum absolute atomic E-state index is 0.138. The highest BCUT2D eigenvalue weighted by Gasteiger charge is 2.14. The second-order valence-electron chi connectivity index (χ2n) is 4.44. The van der Waals surface area contributed by atoms with Gasteiger partial charge in [-0.05, 0) is 42.6 Å². The van der Waals surface area contributed by atoms with Crippen LogP contribution < -0.4 is 15.0 Å². The molecule has 1 N–H and O–H groups in total. The lowest BCUT2D eigenvalue weighted by atomic mass is 10.2. The third-order valence-corrected chi connectivity index (χ3v) is 3.67. The van der Waals surface area contributed by atoms with Gasteiger partial charge in [0.25, 0.3) is 5.91 Å². The standard InChI is InChI=1S/C15H18N2O2S/c1-4-19-13-9-10-20-14(13)15(18)16-11-5-7-12(8-6-11)17(2)3/h5-10H,4H2,1-3H3,(H,16,18).